The second-order valence-electron chi connectivity index (χ2n) is 5.09. The number of nitrogens with zero attached hydrogens (tertiary/aromatic N) is 4. The molecule has 22 heavy (non-hydrogen) atoms. The maximum atomic E-state index is 11.5. The highest BCUT2D eigenvalue weighted by Gasteiger charge is 2.40. The van der Waals surface area contributed by atoms with E-state index in [2.05, 4.69) is 15.1 Å². The average Bonchev–Trinajstić information content (AvgIpc) is 3.20. The van der Waals surface area contributed by atoms with Crippen molar-refractivity contribution in [2.45, 2.75) is 25.0 Å². The first-order chi connectivity index (χ1) is 10.6. The van der Waals surface area contributed by atoms with E-state index in [-0.39, 0.29) is 12.5 Å². The summed E-state index contributed by atoms with van der Waals surface area (Å²) in [5.74, 6) is -0.239. The van der Waals surface area contributed by atoms with Crippen molar-refractivity contribution in [3.05, 3.63) is 64.1 Å². The molecule has 0 saturated heterocycles. The highest BCUT2D eigenvalue weighted by Crippen LogP contribution is 2.41. The van der Waals surface area contributed by atoms with Crippen molar-refractivity contribution >= 4 is 22.9 Å². The molecule has 5 nitrogen and oxygen atoms in total. The van der Waals surface area contributed by atoms with Crippen LogP contribution in [0.15, 0.2) is 48.5 Å². The Balaban J connectivity index is 2.07. The van der Waals surface area contributed by atoms with Crippen molar-refractivity contribution in [1.82, 2.24) is 19.7 Å². The van der Waals surface area contributed by atoms with Gasteiger partial charge in [0.2, 0.25) is 0 Å². The van der Waals surface area contributed by atoms with Gasteiger partial charge in [-0.2, -0.15) is 5.10 Å². The lowest BCUT2D eigenvalue weighted by atomic mass is 9.82. The first kappa shape index (κ1) is 15.1. The van der Waals surface area contributed by atoms with E-state index in [9.17, 15) is 5.11 Å². The van der Waals surface area contributed by atoms with Crippen LogP contribution in [0.4, 0.5) is 0 Å². The Bertz CT molecular complexity index is 732. The van der Waals surface area contributed by atoms with Crippen LogP contribution in [0, 0.1) is 0 Å². The number of hydrogen-bond donors (Lipinski definition) is 1. The van der Waals surface area contributed by atoms with Crippen LogP contribution in [-0.4, -0.2) is 24.9 Å². The number of benzene rings is 1. The summed E-state index contributed by atoms with van der Waals surface area (Å²) in [6.07, 6.45) is 4.76. The lowest BCUT2D eigenvalue weighted by Crippen LogP contribution is -2.37. The minimum absolute atomic E-state index is 0.239. The van der Waals surface area contributed by atoms with Crippen molar-refractivity contribution in [3.8, 4) is 0 Å². The topological polar surface area (TPSA) is 63.8 Å². The number of aromatic nitrogens is 4. The number of rotatable bonds is 5. The average molecular weight is 335 g/mol. The fourth-order valence-electron chi connectivity index (χ4n) is 2.48. The van der Waals surface area contributed by atoms with Crippen molar-refractivity contribution in [2.24, 2.45) is 0 Å². The molecule has 0 aliphatic rings. The highest BCUT2D eigenvalue weighted by atomic mass is 35.5. The predicted molar refractivity (Wildman–Crippen MR) is 85.9 cm³/mol. The van der Waals surface area contributed by atoms with Crippen molar-refractivity contribution in [2.75, 3.05) is 0 Å². The summed E-state index contributed by atoms with van der Waals surface area (Å²) in [5.41, 5.74) is -0.570. The molecule has 0 radical (unpaired) electrons. The molecule has 0 aliphatic carbocycles. The van der Waals surface area contributed by atoms with E-state index < -0.39 is 5.60 Å². The van der Waals surface area contributed by atoms with Gasteiger partial charge in [0.25, 0.3) is 0 Å². The molecule has 0 bridgehead atoms. The Morgan fingerprint density at radius 2 is 2.23 bits per heavy atom. The molecule has 0 fully saturated rings. The van der Waals surface area contributed by atoms with Gasteiger partial charge in [-0.1, -0.05) is 36.7 Å². The van der Waals surface area contributed by atoms with Crippen LogP contribution in [0.3, 0.4) is 0 Å². The third kappa shape index (κ3) is 2.77. The smallest absolute Gasteiger partial charge is 0.137 e. The first-order valence-electron chi connectivity index (χ1n) is 6.80. The summed E-state index contributed by atoms with van der Waals surface area (Å²) < 4.78 is 1.60. The van der Waals surface area contributed by atoms with Crippen LogP contribution in [0.25, 0.3) is 0 Å². The van der Waals surface area contributed by atoms with Gasteiger partial charge >= 0.3 is 0 Å². The second kappa shape index (κ2) is 6.16. The molecule has 0 amide bonds. The van der Waals surface area contributed by atoms with Gasteiger partial charge in [-0.05, 0) is 6.07 Å². The van der Waals surface area contributed by atoms with Gasteiger partial charge in [0.05, 0.1) is 11.6 Å². The molecule has 0 spiro atoms. The van der Waals surface area contributed by atoms with Crippen LogP contribution in [-0.2, 0) is 12.1 Å². The van der Waals surface area contributed by atoms with Crippen LogP contribution >= 0.6 is 22.9 Å². The van der Waals surface area contributed by atoms with Crippen LogP contribution < -0.4 is 0 Å². The molecule has 2 atom stereocenters. The van der Waals surface area contributed by atoms with E-state index in [4.69, 9.17) is 11.6 Å². The molecule has 114 valence electrons. The van der Waals surface area contributed by atoms with Gasteiger partial charge in [0, 0.05) is 28.1 Å². The van der Waals surface area contributed by atoms with E-state index in [0.29, 0.717) is 10.6 Å². The molecule has 7 heteroatoms. The van der Waals surface area contributed by atoms with Crippen molar-refractivity contribution < 1.29 is 5.11 Å². The Morgan fingerprint density at radius 1 is 1.41 bits per heavy atom. The van der Waals surface area contributed by atoms with E-state index in [1.807, 2.05) is 30.5 Å². The largest absolute Gasteiger partial charge is 0.382 e. The van der Waals surface area contributed by atoms with Gasteiger partial charge in [0.15, 0.2) is 0 Å². The zero-order valence-corrected chi connectivity index (χ0v) is 13.5. The number of hydrogen-bond acceptors (Lipinski definition) is 5. The first-order valence-corrected chi connectivity index (χ1v) is 8.06. The molecular weight excluding hydrogens is 320 g/mol. The normalized spacial score (nSPS) is 15.4. The molecule has 0 saturated carbocycles. The molecule has 2 unspecified atom stereocenters. The zero-order valence-electron chi connectivity index (χ0n) is 11.9. The summed E-state index contributed by atoms with van der Waals surface area (Å²) in [6, 6.07) is 7.32. The minimum atomic E-state index is -1.23. The molecule has 3 aromatic rings. The van der Waals surface area contributed by atoms with Gasteiger partial charge in [-0.25, -0.2) is 14.6 Å². The Kier molecular flexibility index (Phi) is 4.24. The van der Waals surface area contributed by atoms with E-state index in [1.54, 1.807) is 23.3 Å². The van der Waals surface area contributed by atoms with Crippen LogP contribution in [0.1, 0.15) is 23.4 Å². The summed E-state index contributed by atoms with van der Waals surface area (Å²) in [6.45, 7) is 2.19. The number of thiazole rings is 1. The third-order valence-corrected chi connectivity index (χ3v) is 5.04. The number of aliphatic hydroxyl groups is 1. The molecule has 0 aliphatic heterocycles. The van der Waals surface area contributed by atoms with Crippen molar-refractivity contribution in [3.63, 3.8) is 0 Å². The maximum Gasteiger partial charge on any atom is 0.137 e. The summed E-state index contributed by atoms with van der Waals surface area (Å²) in [4.78, 5) is 8.28. The Morgan fingerprint density at radius 3 is 2.86 bits per heavy atom. The second-order valence-corrected chi connectivity index (χ2v) is 6.42. The maximum absolute atomic E-state index is 11.5. The Labute approximate surface area is 137 Å². The fourth-order valence-corrected chi connectivity index (χ4v) is 3.56. The molecule has 1 N–H and O–H groups in total. The van der Waals surface area contributed by atoms with E-state index in [1.165, 1.54) is 17.7 Å². The van der Waals surface area contributed by atoms with Gasteiger partial charge in [0.1, 0.15) is 18.3 Å². The van der Waals surface area contributed by atoms with Crippen LogP contribution in [0.5, 0.6) is 0 Å². The molecular formula is C15H15ClN4OS. The fraction of sp³-hybridized carbons (Fsp3) is 0.267. The number of halogens is 1. The monoisotopic (exact) mass is 334 g/mol. The summed E-state index contributed by atoms with van der Waals surface area (Å²) >= 11 is 7.84. The van der Waals surface area contributed by atoms with Crippen molar-refractivity contribution in [1.29, 1.82) is 0 Å². The zero-order chi connectivity index (χ0) is 15.6. The van der Waals surface area contributed by atoms with Gasteiger partial charge < -0.3 is 5.11 Å². The molecule has 1 aromatic carbocycles. The molecule has 3 rings (SSSR count). The predicted octanol–water partition coefficient (Wildman–Crippen LogP) is 3.08. The van der Waals surface area contributed by atoms with E-state index in [0.717, 1.165) is 5.01 Å². The third-order valence-electron chi connectivity index (χ3n) is 3.75. The Hall–Kier alpha value is -1.76. The van der Waals surface area contributed by atoms with Gasteiger partial charge in [-0.15, -0.1) is 11.3 Å². The minimum Gasteiger partial charge on any atom is -0.382 e. The summed E-state index contributed by atoms with van der Waals surface area (Å²) in [5, 5.41) is 18.8. The highest BCUT2D eigenvalue weighted by molar-refractivity contribution is 7.09. The summed E-state index contributed by atoms with van der Waals surface area (Å²) in [7, 11) is 0. The molecule has 2 aromatic heterocycles. The van der Waals surface area contributed by atoms with Crippen LogP contribution in [0.2, 0.25) is 5.02 Å². The lowest BCUT2D eigenvalue weighted by Gasteiger charge is -2.34. The van der Waals surface area contributed by atoms with Gasteiger partial charge in [-0.3, -0.25) is 0 Å². The molecule has 2 heterocycles. The quantitative estimate of drug-likeness (QED) is 0.778. The standard InChI is InChI=1S/C15H15ClN4OS/c1-11(14-18-6-7-22-14)15(21,8-20-10-17-9-19-20)12-4-2-3-5-13(12)16/h2-7,9-11,21H,8H2,1H3. The van der Waals surface area contributed by atoms with E-state index >= 15 is 0 Å². The lowest BCUT2D eigenvalue weighted by molar-refractivity contribution is -0.00794. The SMILES string of the molecule is CC(c1nccs1)C(O)(Cn1cncn1)c1ccccc1Cl.